The van der Waals surface area contributed by atoms with Gasteiger partial charge in [0, 0.05) is 24.8 Å². The summed E-state index contributed by atoms with van der Waals surface area (Å²) in [6.45, 7) is 0.419. The van der Waals surface area contributed by atoms with E-state index >= 15 is 0 Å². The molecule has 90 valence electrons. The first-order chi connectivity index (χ1) is 8.15. The van der Waals surface area contributed by atoms with Crippen molar-refractivity contribution in [3.8, 4) is 0 Å². The molecule has 0 aliphatic carbocycles. The summed E-state index contributed by atoms with van der Waals surface area (Å²) in [5.41, 5.74) is 6.19. The molecule has 0 radical (unpaired) electrons. The van der Waals surface area contributed by atoms with Crippen LogP contribution in [-0.4, -0.2) is 20.4 Å². The second kappa shape index (κ2) is 4.96. The number of carbonyl (C=O) groups is 1. The molecule has 17 heavy (non-hydrogen) atoms. The Morgan fingerprint density at radius 3 is 3.06 bits per heavy atom. The van der Waals surface area contributed by atoms with Gasteiger partial charge in [0.25, 0.3) is 0 Å². The molecule has 2 aromatic heterocycles. The van der Waals surface area contributed by atoms with Gasteiger partial charge in [0.2, 0.25) is 5.91 Å². The van der Waals surface area contributed by atoms with Crippen LogP contribution in [0.2, 0.25) is 0 Å². The van der Waals surface area contributed by atoms with Gasteiger partial charge in [-0.25, -0.2) is 9.97 Å². The van der Waals surface area contributed by atoms with Crippen molar-refractivity contribution in [2.24, 2.45) is 7.05 Å². The van der Waals surface area contributed by atoms with Crippen LogP contribution < -0.4 is 11.1 Å². The first-order valence-electron chi connectivity index (χ1n) is 5.08. The number of anilines is 1. The molecule has 2 aromatic rings. The molecule has 2 heterocycles. The van der Waals surface area contributed by atoms with Crippen LogP contribution in [0.3, 0.4) is 0 Å². The zero-order chi connectivity index (χ0) is 12.3. The van der Waals surface area contributed by atoms with Crippen molar-refractivity contribution in [1.29, 1.82) is 0 Å². The topological polar surface area (TPSA) is 85.8 Å². The van der Waals surface area contributed by atoms with Crippen LogP contribution in [0.1, 0.15) is 11.5 Å². The molecule has 0 bridgehead atoms. The van der Waals surface area contributed by atoms with Gasteiger partial charge in [-0.2, -0.15) is 0 Å². The third-order valence-electron chi connectivity index (χ3n) is 2.28. The van der Waals surface area contributed by atoms with Crippen LogP contribution in [0.15, 0.2) is 17.8 Å². The Hall–Kier alpha value is -1.89. The van der Waals surface area contributed by atoms with Crippen molar-refractivity contribution in [2.75, 3.05) is 5.73 Å². The van der Waals surface area contributed by atoms with Gasteiger partial charge in [-0.1, -0.05) is 0 Å². The molecule has 1 amide bonds. The average molecular weight is 251 g/mol. The maximum Gasteiger partial charge on any atom is 0.226 e. The smallest absolute Gasteiger partial charge is 0.226 e. The number of hydrogen-bond donors (Lipinski definition) is 2. The quantitative estimate of drug-likeness (QED) is 0.819. The Morgan fingerprint density at radius 1 is 1.65 bits per heavy atom. The van der Waals surface area contributed by atoms with Crippen molar-refractivity contribution in [2.45, 2.75) is 13.0 Å². The van der Waals surface area contributed by atoms with Crippen molar-refractivity contribution in [3.05, 3.63) is 29.3 Å². The maximum absolute atomic E-state index is 11.6. The normalized spacial score (nSPS) is 10.4. The molecular formula is C10H13N5OS. The van der Waals surface area contributed by atoms with Crippen molar-refractivity contribution in [3.63, 3.8) is 0 Å². The molecule has 2 rings (SSSR count). The molecule has 0 saturated carbocycles. The van der Waals surface area contributed by atoms with Gasteiger partial charge in [0.1, 0.15) is 5.82 Å². The van der Waals surface area contributed by atoms with E-state index < -0.39 is 0 Å². The van der Waals surface area contributed by atoms with Crippen molar-refractivity contribution < 1.29 is 4.79 Å². The molecule has 0 aromatic carbocycles. The fourth-order valence-corrected chi connectivity index (χ4v) is 1.94. The number of nitrogens with one attached hydrogen (secondary N) is 1. The predicted octanol–water partition coefficient (Wildman–Crippen LogP) is 0.318. The lowest BCUT2D eigenvalue weighted by molar-refractivity contribution is -0.120. The zero-order valence-corrected chi connectivity index (χ0v) is 10.2. The summed E-state index contributed by atoms with van der Waals surface area (Å²) in [4.78, 5) is 19.7. The third-order valence-corrected chi connectivity index (χ3v) is 3.00. The van der Waals surface area contributed by atoms with E-state index in [9.17, 15) is 4.79 Å². The standard InChI is InChI=1S/C10H13N5OS/c1-15-3-2-12-8(15)5-13-9(16)4-7-6-17-10(11)14-7/h2-3,6H,4-5H2,1H3,(H2,11,14)(H,13,16). The lowest BCUT2D eigenvalue weighted by atomic mass is 10.3. The van der Waals surface area contributed by atoms with E-state index in [1.807, 2.05) is 17.8 Å². The number of thiazole rings is 1. The summed E-state index contributed by atoms with van der Waals surface area (Å²) in [5.74, 6) is 0.731. The minimum Gasteiger partial charge on any atom is -0.375 e. The second-order valence-electron chi connectivity index (χ2n) is 3.58. The van der Waals surface area contributed by atoms with E-state index in [4.69, 9.17) is 5.73 Å². The summed E-state index contributed by atoms with van der Waals surface area (Å²) < 4.78 is 1.86. The molecule has 3 N–H and O–H groups in total. The van der Waals surface area contributed by atoms with Crippen LogP contribution in [-0.2, 0) is 24.8 Å². The highest BCUT2D eigenvalue weighted by Gasteiger charge is 2.07. The van der Waals surface area contributed by atoms with E-state index in [0.29, 0.717) is 17.4 Å². The van der Waals surface area contributed by atoms with Gasteiger partial charge in [0.15, 0.2) is 5.13 Å². The van der Waals surface area contributed by atoms with Gasteiger partial charge in [0.05, 0.1) is 18.7 Å². The van der Waals surface area contributed by atoms with E-state index in [2.05, 4.69) is 15.3 Å². The molecule has 0 unspecified atom stereocenters. The fourth-order valence-electron chi connectivity index (χ4n) is 1.38. The van der Waals surface area contributed by atoms with Gasteiger partial charge < -0.3 is 15.6 Å². The number of nitrogen functional groups attached to an aromatic ring is 1. The largest absolute Gasteiger partial charge is 0.375 e. The number of nitrogens with zero attached hydrogens (tertiary/aromatic N) is 3. The highest BCUT2D eigenvalue weighted by Crippen LogP contribution is 2.11. The van der Waals surface area contributed by atoms with Crippen LogP contribution in [0.4, 0.5) is 5.13 Å². The number of imidazole rings is 1. The van der Waals surface area contributed by atoms with E-state index in [0.717, 1.165) is 5.82 Å². The lowest BCUT2D eigenvalue weighted by Gasteiger charge is -2.03. The van der Waals surface area contributed by atoms with Crippen LogP contribution >= 0.6 is 11.3 Å². The Bertz CT molecular complexity index is 518. The van der Waals surface area contributed by atoms with Crippen LogP contribution in [0.25, 0.3) is 0 Å². The number of rotatable bonds is 4. The molecule has 0 aliphatic heterocycles. The first kappa shape index (κ1) is 11.6. The van der Waals surface area contributed by atoms with Crippen molar-refractivity contribution in [1.82, 2.24) is 19.9 Å². The maximum atomic E-state index is 11.6. The molecule has 6 nitrogen and oxygen atoms in total. The van der Waals surface area contributed by atoms with Crippen LogP contribution in [0.5, 0.6) is 0 Å². The lowest BCUT2D eigenvalue weighted by Crippen LogP contribution is -2.26. The fraction of sp³-hybridized carbons (Fsp3) is 0.300. The van der Waals surface area contributed by atoms with E-state index in [-0.39, 0.29) is 12.3 Å². The number of amides is 1. The van der Waals surface area contributed by atoms with Crippen molar-refractivity contribution >= 4 is 22.4 Å². The Kier molecular flexibility index (Phi) is 3.38. The average Bonchev–Trinajstić information content (AvgIpc) is 2.85. The zero-order valence-electron chi connectivity index (χ0n) is 9.38. The minimum atomic E-state index is -0.0849. The number of nitrogens with two attached hydrogens (primary N) is 1. The summed E-state index contributed by atoms with van der Waals surface area (Å²) in [6, 6.07) is 0. The Morgan fingerprint density at radius 2 is 2.47 bits per heavy atom. The van der Waals surface area contributed by atoms with Gasteiger partial charge in [-0.3, -0.25) is 4.79 Å². The minimum absolute atomic E-state index is 0.0849. The van der Waals surface area contributed by atoms with Crippen LogP contribution in [0, 0.1) is 0 Å². The highest BCUT2D eigenvalue weighted by molar-refractivity contribution is 7.13. The monoisotopic (exact) mass is 251 g/mol. The molecule has 0 saturated heterocycles. The number of aryl methyl sites for hydroxylation is 1. The van der Waals surface area contributed by atoms with E-state index in [1.54, 1.807) is 11.6 Å². The molecule has 7 heteroatoms. The number of aromatic nitrogens is 3. The van der Waals surface area contributed by atoms with Gasteiger partial charge in [-0.15, -0.1) is 11.3 Å². The SMILES string of the molecule is Cn1ccnc1CNC(=O)Cc1csc(N)n1. The molecular weight excluding hydrogens is 238 g/mol. The first-order valence-corrected chi connectivity index (χ1v) is 5.96. The highest BCUT2D eigenvalue weighted by atomic mass is 32.1. The summed E-state index contributed by atoms with van der Waals surface area (Å²) in [6.07, 6.45) is 3.78. The molecule has 0 atom stereocenters. The number of carbonyl (C=O) groups excluding carboxylic acids is 1. The molecule has 0 aliphatic rings. The summed E-state index contributed by atoms with van der Waals surface area (Å²) >= 11 is 1.33. The number of hydrogen-bond acceptors (Lipinski definition) is 5. The molecule has 0 spiro atoms. The summed E-state index contributed by atoms with van der Waals surface area (Å²) in [7, 11) is 1.88. The summed E-state index contributed by atoms with van der Waals surface area (Å²) in [5, 5.41) is 5.06. The Balaban J connectivity index is 1.84. The molecule has 0 fully saturated rings. The second-order valence-corrected chi connectivity index (χ2v) is 4.47. The van der Waals surface area contributed by atoms with E-state index in [1.165, 1.54) is 11.3 Å². The van der Waals surface area contributed by atoms with Gasteiger partial charge in [-0.05, 0) is 0 Å². The third kappa shape index (κ3) is 3.04. The predicted molar refractivity (Wildman–Crippen MR) is 65.3 cm³/mol. The van der Waals surface area contributed by atoms with Gasteiger partial charge >= 0.3 is 0 Å². The Labute approximate surface area is 102 Å².